The fraction of sp³-hybridized carbons (Fsp3) is 0.389. The predicted molar refractivity (Wildman–Crippen MR) is 103 cm³/mol. The summed E-state index contributed by atoms with van der Waals surface area (Å²) < 4.78 is 67.3. The Morgan fingerprint density at radius 1 is 1.30 bits per heavy atom. The maximum Gasteiger partial charge on any atom is 0.433 e. The van der Waals surface area contributed by atoms with Gasteiger partial charge in [0.1, 0.15) is 10.7 Å². The third-order valence-electron chi connectivity index (χ3n) is 4.43. The molecule has 0 aromatic carbocycles. The van der Waals surface area contributed by atoms with Crippen molar-refractivity contribution in [3.05, 3.63) is 45.1 Å². The van der Waals surface area contributed by atoms with Crippen molar-refractivity contribution in [2.75, 3.05) is 17.7 Å². The fourth-order valence-corrected chi connectivity index (χ4v) is 6.09. The average molecular weight is 462 g/mol. The number of thiophene rings is 1. The number of carbonyl (C=O) groups excluding carboxylic acids is 2. The van der Waals surface area contributed by atoms with E-state index in [0.29, 0.717) is 16.5 Å². The second kappa shape index (κ2) is 7.99. The molecule has 0 unspecified atom stereocenters. The molecular formula is C18H17F3N2O5S2. The molecule has 162 valence electrons. The monoisotopic (exact) mass is 462 g/mol. The molecule has 1 amide bonds. The standard InChI is InChI=1S/C18H17F3N2O5S2/c1-3-28-17(25)14-11-6-7-30(26,27)8-12(11)29-16(14)23-15(24)10-4-5-13(18(19,20)21)22-9(10)2/h4-5H,3,6-8H2,1-2H3,(H,23,24). The van der Waals surface area contributed by atoms with Crippen molar-refractivity contribution in [1.29, 1.82) is 0 Å². The van der Waals surface area contributed by atoms with E-state index in [1.807, 2.05) is 0 Å². The summed E-state index contributed by atoms with van der Waals surface area (Å²) in [5.74, 6) is -1.85. The Balaban J connectivity index is 1.97. The molecule has 3 rings (SSSR count). The van der Waals surface area contributed by atoms with E-state index in [2.05, 4.69) is 10.3 Å². The van der Waals surface area contributed by atoms with E-state index in [0.717, 1.165) is 17.4 Å². The number of aryl methyl sites for hydroxylation is 1. The van der Waals surface area contributed by atoms with E-state index < -0.39 is 33.6 Å². The molecule has 1 aliphatic rings. The Hall–Kier alpha value is -2.47. The molecule has 0 bridgehead atoms. The number of halogens is 3. The number of aromatic nitrogens is 1. The van der Waals surface area contributed by atoms with Crippen molar-refractivity contribution in [3.63, 3.8) is 0 Å². The van der Waals surface area contributed by atoms with Gasteiger partial charge in [-0.25, -0.2) is 18.2 Å². The van der Waals surface area contributed by atoms with Crippen molar-refractivity contribution in [2.24, 2.45) is 0 Å². The summed E-state index contributed by atoms with van der Waals surface area (Å²) in [5.41, 5.74) is -0.773. The van der Waals surface area contributed by atoms with Crippen LogP contribution in [0, 0.1) is 6.92 Å². The molecule has 0 fully saturated rings. The number of hydrogen-bond donors (Lipinski definition) is 1. The Labute approximate surface area is 174 Å². The van der Waals surface area contributed by atoms with Gasteiger partial charge in [0.15, 0.2) is 9.84 Å². The highest BCUT2D eigenvalue weighted by atomic mass is 32.2. The molecule has 30 heavy (non-hydrogen) atoms. The number of anilines is 1. The van der Waals surface area contributed by atoms with Crippen LogP contribution in [0.2, 0.25) is 0 Å². The minimum absolute atomic E-state index is 0.0804. The minimum Gasteiger partial charge on any atom is -0.462 e. The Kier molecular flexibility index (Phi) is 5.92. The van der Waals surface area contributed by atoms with E-state index in [1.165, 1.54) is 6.92 Å². The fourth-order valence-electron chi connectivity index (χ4n) is 3.06. The Bertz CT molecular complexity index is 1120. The van der Waals surface area contributed by atoms with Gasteiger partial charge in [0.25, 0.3) is 5.91 Å². The zero-order chi connectivity index (χ0) is 22.3. The normalized spacial score (nSPS) is 15.4. The second-order valence-electron chi connectivity index (χ2n) is 6.55. The van der Waals surface area contributed by atoms with Crippen molar-refractivity contribution in [3.8, 4) is 0 Å². The molecule has 0 spiro atoms. The third-order valence-corrected chi connectivity index (χ3v) is 7.32. The summed E-state index contributed by atoms with van der Waals surface area (Å²) in [7, 11) is -3.31. The number of esters is 1. The van der Waals surface area contributed by atoms with Gasteiger partial charge in [-0.15, -0.1) is 11.3 Å². The lowest BCUT2D eigenvalue weighted by molar-refractivity contribution is -0.141. The van der Waals surface area contributed by atoms with Crippen LogP contribution in [-0.4, -0.2) is 37.6 Å². The van der Waals surface area contributed by atoms with Crippen molar-refractivity contribution >= 4 is 38.1 Å². The topological polar surface area (TPSA) is 102 Å². The number of alkyl halides is 3. The molecular weight excluding hydrogens is 445 g/mol. The summed E-state index contributed by atoms with van der Waals surface area (Å²) in [6, 6.07) is 1.70. The summed E-state index contributed by atoms with van der Waals surface area (Å²) in [5, 5.41) is 2.61. The van der Waals surface area contributed by atoms with Crippen LogP contribution < -0.4 is 5.32 Å². The quantitative estimate of drug-likeness (QED) is 0.699. The van der Waals surface area contributed by atoms with Crippen LogP contribution in [0.15, 0.2) is 12.1 Å². The maximum atomic E-state index is 12.8. The average Bonchev–Trinajstić information content (AvgIpc) is 2.96. The number of carbonyl (C=O) groups is 2. The molecule has 1 aliphatic heterocycles. The number of ether oxygens (including phenoxy) is 1. The zero-order valence-electron chi connectivity index (χ0n) is 15.9. The van der Waals surface area contributed by atoms with Gasteiger partial charge < -0.3 is 10.1 Å². The highest BCUT2D eigenvalue weighted by molar-refractivity contribution is 7.90. The van der Waals surface area contributed by atoms with Gasteiger partial charge in [-0.3, -0.25) is 4.79 Å². The lowest BCUT2D eigenvalue weighted by Crippen LogP contribution is -2.20. The lowest BCUT2D eigenvalue weighted by Gasteiger charge is -2.13. The molecule has 0 aliphatic carbocycles. The summed E-state index contributed by atoms with van der Waals surface area (Å²) >= 11 is 0.942. The van der Waals surface area contributed by atoms with Gasteiger partial charge in [-0.2, -0.15) is 13.2 Å². The highest BCUT2D eigenvalue weighted by Crippen LogP contribution is 2.38. The maximum absolute atomic E-state index is 12.8. The highest BCUT2D eigenvalue weighted by Gasteiger charge is 2.34. The SMILES string of the molecule is CCOC(=O)c1c(NC(=O)c2ccc(C(F)(F)F)nc2C)sc2c1CCS(=O)(=O)C2. The molecule has 1 N–H and O–H groups in total. The number of pyridine rings is 1. The first-order valence-corrected chi connectivity index (χ1v) is 11.4. The van der Waals surface area contributed by atoms with Crippen LogP contribution in [0.1, 0.15) is 49.5 Å². The Morgan fingerprint density at radius 2 is 2.00 bits per heavy atom. The van der Waals surface area contributed by atoms with E-state index in [-0.39, 0.29) is 46.4 Å². The molecule has 0 radical (unpaired) electrons. The second-order valence-corrected chi connectivity index (χ2v) is 9.84. The van der Waals surface area contributed by atoms with E-state index in [4.69, 9.17) is 4.74 Å². The molecule has 0 saturated carbocycles. The lowest BCUT2D eigenvalue weighted by atomic mass is 10.1. The Morgan fingerprint density at radius 3 is 2.60 bits per heavy atom. The van der Waals surface area contributed by atoms with Crippen LogP contribution >= 0.6 is 11.3 Å². The number of rotatable bonds is 4. The zero-order valence-corrected chi connectivity index (χ0v) is 17.6. The number of nitrogens with zero attached hydrogens (tertiary/aromatic N) is 1. The van der Waals surface area contributed by atoms with Crippen LogP contribution in [-0.2, 0) is 32.9 Å². The van der Waals surface area contributed by atoms with Crippen LogP contribution in [0.5, 0.6) is 0 Å². The number of sulfone groups is 1. The van der Waals surface area contributed by atoms with E-state index in [9.17, 15) is 31.2 Å². The van der Waals surface area contributed by atoms with Crippen molar-refractivity contribution < 1.29 is 35.9 Å². The first-order chi connectivity index (χ1) is 13.9. The minimum atomic E-state index is -4.64. The molecule has 0 atom stereocenters. The molecule has 7 nitrogen and oxygen atoms in total. The number of hydrogen-bond acceptors (Lipinski definition) is 7. The summed E-state index contributed by atoms with van der Waals surface area (Å²) in [4.78, 5) is 29.0. The van der Waals surface area contributed by atoms with Crippen molar-refractivity contribution in [1.82, 2.24) is 4.98 Å². The first kappa shape index (κ1) is 22.2. The molecule has 2 aromatic rings. The predicted octanol–water partition coefficient (Wildman–Crippen LogP) is 3.37. The summed E-state index contributed by atoms with van der Waals surface area (Å²) in [6.45, 7) is 2.95. The van der Waals surface area contributed by atoms with E-state index >= 15 is 0 Å². The molecule has 12 heteroatoms. The largest absolute Gasteiger partial charge is 0.462 e. The van der Waals surface area contributed by atoms with Crippen molar-refractivity contribution in [2.45, 2.75) is 32.2 Å². The van der Waals surface area contributed by atoms with Crippen LogP contribution in [0.4, 0.5) is 18.2 Å². The van der Waals surface area contributed by atoms with Crippen LogP contribution in [0.3, 0.4) is 0 Å². The van der Waals surface area contributed by atoms with Gasteiger partial charge in [0, 0.05) is 4.88 Å². The first-order valence-electron chi connectivity index (χ1n) is 8.81. The van der Waals surface area contributed by atoms with Gasteiger partial charge in [0.05, 0.1) is 34.9 Å². The van der Waals surface area contributed by atoms with Gasteiger partial charge in [-0.1, -0.05) is 0 Å². The van der Waals surface area contributed by atoms with Gasteiger partial charge in [-0.05, 0) is 38.0 Å². The van der Waals surface area contributed by atoms with Crippen LogP contribution in [0.25, 0.3) is 0 Å². The summed E-state index contributed by atoms with van der Waals surface area (Å²) in [6.07, 6.45) is -4.53. The number of amides is 1. The molecule has 0 saturated heterocycles. The molecule has 3 heterocycles. The number of fused-ring (bicyclic) bond motifs is 1. The van der Waals surface area contributed by atoms with Gasteiger partial charge >= 0.3 is 12.1 Å². The third kappa shape index (κ3) is 4.48. The van der Waals surface area contributed by atoms with E-state index in [1.54, 1.807) is 6.92 Å². The number of nitrogens with one attached hydrogen (secondary N) is 1. The smallest absolute Gasteiger partial charge is 0.433 e. The molecule has 2 aromatic heterocycles. The van der Waals surface area contributed by atoms with Gasteiger partial charge in [0.2, 0.25) is 0 Å².